The van der Waals surface area contributed by atoms with Crippen LogP contribution in [-0.4, -0.2) is 9.78 Å². The molecule has 0 aliphatic carbocycles. The van der Waals surface area contributed by atoms with Gasteiger partial charge >= 0.3 is 0 Å². The Kier molecular flexibility index (Phi) is 4.08. The number of hydrogen-bond acceptors (Lipinski definition) is 1. The first kappa shape index (κ1) is 12.5. The van der Waals surface area contributed by atoms with E-state index < -0.39 is 0 Å². The molecule has 0 aliphatic rings. The van der Waals surface area contributed by atoms with Crippen molar-refractivity contribution in [2.75, 3.05) is 0 Å². The van der Waals surface area contributed by atoms with Crippen LogP contribution in [0.4, 0.5) is 0 Å². The molecule has 1 aromatic heterocycles. The van der Waals surface area contributed by atoms with Crippen molar-refractivity contribution in [1.29, 1.82) is 0 Å². The Morgan fingerprint density at radius 2 is 2.00 bits per heavy atom. The van der Waals surface area contributed by atoms with E-state index in [4.69, 9.17) is 23.2 Å². The van der Waals surface area contributed by atoms with E-state index in [-0.39, 0.29) is 0 Å². The van der Waals surface area contributed by atoms with Crippen LogP contribution in [0.25, 0.3) is 0 Å². The summed E-state index contributed by atoms with van der Waals surface area (Å²) in [6, 6.07) is 9.66. The standard InChI is InChI=1S/C13H14Cl2N2/c1-2-5-11-8-13(15)17(16-11)9-10-6-3-4-7-12(10)14/h3-4,6-8H,2,5,9H2,1H3. The lowest BCUT2D eigenvalue weighted by molar-refractivity contribution is 0.669. The van der Waals surface area contributed by atoms with E-state index in [9.17, 15) is 0 Å². The topological polar surface area (TPSA) is 17.8 Å². The van der Waals surface area contributed by atoms with Gasteiger partial charge in [-0.05, 0) is 24.1 Å². The molecule has 1 aromatic carbocycles. The van der Waals surface area contributed by atoms with Gasteiger partial charge in [-0.15, -0.1) is 0 Å². The molecule has 2 rings (SSSR count). The van der Waals surface area contributed by atoms with Gasteiger partial charge in [0.1, 0.15) is 5.15 Å². The SMILES string of the molecule is CCCc1cc(Cl)n(Cc2ccccc2Cl)n1. The minimum Gasteiger partial charge on any atom is -0.249 e. The first-order valence-electron chi connectivity index (χ1n) is 5.66. The van der Waals surface area contributed by atoms with Gasteiger partial charge in [0.2, 0.25) is 0 Å². The van der Waals surface area contributed by atoms with Gasteiger partial charge in [0, 0.05) is 5.02 Å². The van der Waals surface area contributed by atoms with E-state index in [1.807, 2.05) is 30.3 Å². The minimum absolute atomic E-state index is 0.613. The number of halogens is 2. The molecule has 0 aliphatic heterocycles. The third-order valence-corrected chi connectivity index (χ3v) is 3.24. The van der Waals surface area contributed by atoms with Gasteiger partial charge in [0.15, 0.2) is 0 Å². The molecule has 1 heterocycles. The molecule has 0 atom stereocenters. The maximum absolute atomic E-state index is 6.14. The van der Waals surface area contributed by atoms with Crippen LogP contribution < -0.4 is 0 Å². The Balaban J connectivity index is 2.21. The maximum Gasteiger partial charge on any atom is 0.127 e. The Hall–Kier alpha value is -0.990. The first-order valence-corrected chi connectivity index (χ1v) is 6.42. The zero-order chi connectivity index (χ0) is 12.3. The Bertz CT molecular complexity index is 506. The van der Waals surface area contributed by atoms with Crippen LogP contribution in [0, 0.1) is 0 Å². The van der Waals surface area contributed by atoms with Crippen molar-refractivity contribution < 1.29 is 0 Å². The smallest absolute Gasteiger partial charge is 0.127 e. The van der Waals surface area contributed by atoms with Crippen molar-refractivity contribution in [3.63, 3.8) is 0 Å². The van der Waals surface area contributed by atoms with E-state index >= 15 is 0 Å². The highest BCUT2D eigenvalue weighted by Crippen LogP contribution is 2.19. The van der Waals surface area contributed by atoms with Crippen molar-refractivity contribution in [2.24, 2.45) is 0 Å². The molecule has 0 bridgehead atoms. The molecule has 0 saturated heterocycles. The number of nitrogens with zero attached hydrogens (tertiary/aromatic N) is 2. The van der Waals surface area contributed by atoms with Gasteiger partial charge < -0.3 is 0 Å². The zero-order valence-corrected chi connectivity index (χ0v) is 11.2. The van der Waals surface area contributed by atoms with Crippen LogP contribution in [-0.2, 0) is 13.0 Å². The highest BCUT2D eigenvalue weighted by molar-refractivity contribution is 6.31. The molecule has 0 unspecified atom stereocenters. The number of benzene rings is 1. The van der Waals surface area contributed by atoms with E-state index in [1.165, 1.54) is 0 Å². The average Bonchev–Trinajstić information content (AvgIpc) is 2.63. The molecule has 0 saturated carbocycles. The summed E-state index contributed by atoms with van der Waals surface area (Å²) in [5.74, 6) is 0. The first-order chi connectivity index (χ1) is 8.20. The average molecular weight is 269 g/mol. The summed E-state index contributed by atoms with van der Waals surface area (Å²) in [7, 11) is 0. The van der Waals surface area contributed by atoms with Gasteiger partial charge in [-0.2, -0.15) is 5.10 Å². The maximum atomic E-state index is 6.14. The Morgan fingerprint density at radius 3 is 2.71 bits per heavy atom. The van der Waals surface area contributed by atoms with E-state index in [2.05, 4.69) is 12.0 Å². The fourth-order valence-corrected chi connectivity index (χ4v) is 2.14. The second-order valence-corrected chi connectivity index (χ2v) is 4.75. The number of aryl methyl sites for hydroxylation is 1. The second-order valence-electron chi connectivity index (χ2n) is 3.96. The fourth-order valence-electron chi connectivity index (χ4n) is 1.72. The predicted molar refractivity (Wildman–Crippen MR) is 71.8 cm³/mol. The summed E-state index contributed by atoms with van der Waals surface area (Å²) in [6.45, 7) is 2.74. The third kappa shape index (κ3) is 3.02. The van der Waals surface area contributed by atoms with Crippen LogP contribution in [0.3, 0.4) is 0 Å². The summed E-state index contributed by atoms with van der Waals surface area (Å²) < 4.78 is 1.79. The van der Waals surface area contributed by atoms with E-state index in [0.717, 1.165) is 29.1 Å². The van der Waals surface area contributed by atoms with E-state index in [0.29, 0.717) is 11.7 Å². The molecule has 0 N–H and O–H groups in total. The van der Waals surface area contributed by atoms with Crippen LogP contribution in [0.15, 0.2) is 30.3 Å². The van der Waals surface area contributed by atoms with Crippen molar-refractivity contribution in [3.8, 4) is 0 Å². The lowest BCUT2D eigenvalue weighted by atomic mass is 10.2. The summed E-state index contributed by atoms with van der Waals surface area (Å²) in [5.41, 5.74) is 2.06. The van der Waals surface area contributed by atoms with Crippen LogP contribution in [0.5, 0.6) is 0 Å². The molecule has 17 heavy (non-hydrogen) atoms. The molecule has 0 fully saturated rings. The quantitative estimate of drug-likeness (QED) is 0.813. The molecule has 0 radical (unpaired) electrons. The van der Waals surface area contributed by atoms with Gasteiger partial charge in [-0.3, -0.25) is 0 Å². The van der Waals surface area contributed by atoms with Crippen molar-refractivity contribution in [2.45, 2.75) is 26.3 Å². The minimum atomic E-state index is 0.613. The normalized spacial score (nSPS) is 10.8. The van der Waals surface area contributed by atoms with Gasteiger partial charge in [-0.1, -0.05) is 54.7 Å². The van der Waals surface area contributed by atoms with Crippen molar-refractivity contribution in [3.05, 3.63) is 51.8 Å². The highest BCUT2D eigenvalue weighted by atomic mass is 35.5. The molecular formula is C13H14Cl2N2. The molecule has 0 spiro atoms. The fraction of sp³-hybridized carbons (Fsp3) is 0.308. The van der Waals surface area contributed by atoms with Gasteiger partial charge in [0.05, 0.1) is 12.2 Å². The molecule has 90 valence electrons. The number of hydrogen-bond donors (Lipinski definition) is 0. The monoisotopic (exact) mass is 268 g/mol. The van der Waals surface area contributed by atoms with Gasteiger partial charge in [0.25, 0.3) is 0 Å². The summed E-state index contributed by atoms with van der Waals surface area (Å²) in [6.07, 6.45) is 2.02. The summed E-state index contributed by atoms with van der Waals surface area (Å²) in [4.78, 5) is 0. The summed E-state index contributed by atoms with van der Waals surface area (Å²) in [5, 5.41) is 5.87. The van der Waals surface area contributed by atoms with Crippen LogP contribution in [0.1, 0.15) is 24.6 Å². The van der Waals surface area contributed by atoms with E-state index in [1.54, 1.807) is 4.68 Å². The van der Waals surface area contributed by atoms with Crippen molar-refractivity contribution in [1.82, 2.24) is 9.78 Å². The lowest BCUT2D eigenvalue weighted by Crippen LogP contribution is -2.03. The number of aromatic nitrogens is 2. The molecule has 2 nitrogen and oxygen atoms in total. The highest BCUT2D eigenvalue weighted by Gasteiger charge is 2.07. The second kappa shape index (κ2) is 5.56. The molecule has 0 amide bonds. The third-order valence-electron chi connectivity index (χ3n) is 2.57. The number of rotatable bonds is 4. The molecule has 4 heteroatoms. The lowest BCUT2D eigenvalue weighted by Gasteiger charge is -2.05. The molecule has 2 aromatic rings. The largest absolute Gasteiger partial charge is 0.249 e. The van der Waals surface area contributed by atoms with Gasteiger partial charge in [-0.25, -0.2) is 4.68 Å². The zero-order valence-electron chi connectivity index (χ0n) is 9.66. The summed E-state index contributed by atoms with van der Waals surface area (Å²) >= 11 is 12.3. The Morgan fingerprint density at radius 1 is 1.24 bits per heavy atom. The molecular weight excluding hydrogens is 255 g/mol. The Labute approximate surface area is 111 Å². The van der Waals surface area contributed by atoms with Crippen molar-refractivity contribution >= 4 is 23.2 Å². The van der Waals surface area contributed by atoms with Crippen LogP contribution >= 0.6 is 23.2 Å². The van der Waals surface area contributed by atoms with Crippen LogP contribution in [0.2, 0.25) is 10.2 Å². The predicted octanol–water partition coefficient (Wildman–Crippen LogP) is 4.19.